The zero-order valence-corrected chi connectivity index (χ0v) is 11.7. The second-order valence-corrected chi connectivity index (χ2v) is 5.50. The number of nitro benzene ring substituents is 1. The van der Waals surface area contributed by atoms with Crippen LogP contribution in [0.5, 0.6) is 0 Å². The molecule has 6 nitrogen and oxygen atoms in total. The molecule has 0 N–H and O–H groups in total. The molecule has 3 rings (SSSR count). The number of hydrogen-bond acceptors (Lipinski definition) is 5. The summed E-state index contributed by atoms with van der Waals surface area (Å²) in [6.45, 7) is 0. The Kier molecular flexibility index (Phi) is 3.57. The lowest BCUT2D eigenvalue weighted by Gasteiger charge is -2.22. The van der Waals surface area contributed by atoms with Gasteiger partial charge in [0, 0.05) is 12.3 Å². The average Bonchev–Trinajstić information content (AvgIpc) is 2.89. The molecule has 7 heteroatoms. The number of benzene rings is 1. The summed E-state index contributed by atoms with van der Waals surface area (Å²) in [5.41, 5.74) is 0.537. The zero-order valence-electron chi connectivity index (χ0n) is 10.9. The van der Waals surface area contributed by atoms with E-state index < -0.39 is 10.3 Å². The maximum absolute atomic E-state index is 12.1. The molecule has 0 bridgehead atoms. The van der Waals surface area contributed by atoms with Crippen molar-refractivity contribution in [3.05, 3.63) is 64.3 Å². The lowest BCUT2D eigenvalue weighted by Crippen LogP contribution is -2.28. The average molecular weight is 301 g/mol. The third kappa shape index (κ3) is 2.47. The second kappa shape index (κ2) is 5.53. The van der Waals surface area contributed by atoms with Gasteiger partial charge in [-0.15, -0.1) is 11.8 Å². The van der Waals surface area contributed by atoms with Crippen LogP contribution in [0.3, 0.4) is 0 Å². The van der Waals surface area contributed by atoms with Crippen LogP contribution >= 0.6 is 11.8 Å². The van der Waals surface area contributed by atoms with E-state index in [0.717, 1.165) is 0 Å². The second-order valence-electron chi connectivity index (χ2n) is 4.43. The Bertz CT molecular complexity index is 693. The van der Waals surface area contributed by atoms with Crippen LogP contribution in [0.25, 0.3) is 0 Å². The number of nitro groups is 1. The first kappa shape index (κ1) is 13.6. The molecule has 0 saturated carbocycles. The summed E-state index contributed by atoms with van der Waals surface area (Å²) in [6.07, 6.45) is 1.60. The number of nitrogens with zero attached hydrogens (tertiary/aromatic N) is 3. The molecule has 1 aliphatic rings. The summed E-state index contributed by atoms with van der Waals surface area (Å²) < 4.78 is 0. The van der Waals surface area contributed by atoms with Crippen molar-refractivity contribution in [3.63, 3.8) is 0 Å². The number of amides is 1. The van der Waals surface area contributed by atoms with Crippen LogP contribution in [0.4, 0.5) is 11.5 Å². The molecule has 1 fully saturated rings. The van der Waals surface area contributed by atoms with E-state index in [0.29, 0.717) is 11.4 Å². The number of rotatable bonds is 3. The summed E-state index contributed by atoms with van der Waals surface area (Å²) in [5, 5.41) is 10.8. The van der Waals surface area contributed by atoms with Gasteiger partial charge in [0.15, 0.2) is 0 Å². The quantitative estimate of drug-likeness (QED) is 0.643. The minimum atomic E-state index is -0.422. The first-order valence-corrected chi connectivity index (χ1v) is 7.31. The molecule has 0 spiro atoms. The number of para-hydroxylation sites is 1. The monoisotopic (exact) mass is 301 g/mol. The van der Waals surface area contributed by atoms with Crippen molar-refractivity contribution >= 4 is 29.2 Å². The Labute approximate surface area is 124 Å². The van der Waals surface area contributed by atoms with Gasteiger partial charge in [-0.2, -0.15) is 0 Å². The fourth-order valence-electron chi connectivity index (χ4n) is 2.26. The van der Waals surface area contributed by atoms with Crippen LogP contribution in [-0.2, 0) is 4.79 Å². The molecule has 106 valence electrons. The van der Waals surface area contributed by atoms with Gasteiger partial charge in [-0.05, 0) is 18.2 Å². The third-order valence-corrected chi connectivity index (χ3v) is 4.36. The van der Waals surface area contributed by atoms with Crippen molar-refractivity contribution in [1.82, 2.24) is 4.98 Å². The summed E-state index contributed by atoms with van der Waals surface area (Å²) in [6, 6.07) is 11.8. The SMILES string of the molecule is O=C1CSC(c2ccccc2[N+](=O)[O-])N1c1ccccn1. The number of carbonyl (C=O) groups is 1. The molecule has 1 aromatic carbocycles. The molecular weight excluding hydrogens is 290 g/mol. The van der Waals surface area contributed by atoms with E-state index in [4.69, 9.17) is 0 Å². The molecule has 2 aromatic rings. The normalized spacial score (nSPS) is 18.0. The Morgan fingerprint density at radius 1 is 1.24 bits per heavy atom. The highest BCUT2D eigenvalue weighted by Gasteiger charge is 2.37. The van der Waals surface area contributed by atoms with Crippen LogP contribution < -0.4 is 4.90 Å². The number of carbonyl (C=O) groups excluding carboxylic acids is 1. The molecule has 1 aromatic heterocycles. The molecule has 1 atom stereocenters. The maximum Gasteiger partial charge on any atom is 0.275 e. The maximum atomic E-state index is 12.1. The van der Waals surface area contributed by atoms with Crippen molar-refractivity contribution in [3.8, 4) is 0 Å². The molecule has 0 radical (unpaired) electrons. The van der Waals surface area contributed by atoms with Gasteiger partial charge in [0.25, 0.3) is 5.69 Å². The molecule has 0 aliphatic carbocycles. The standard InChI is InChI=1S/C14H11N3O3S/c18-13-9-21-14(16(13)12-7-3-4-8-15-12)10-5-1-2-6-11(10)17(19)20/h1-8,14H,9H2. The Balaban J connectivity index is 2.06. The fourth-order valence-corrected chi connectivity index (χ4v) is 3.45. The van der Waals surface area contributed by atoms with E-state index >= 15 is 0 Å². The first-order valence-electron chi connectivity index (χ1n) is 6.26. The Morgan fingerprint density at radius 2 is 2.00 bits per heavy atom. The van der Waals surface area contributed by atoms with Crippen molar-refractivity contribution in [2.45, 2.75) is 5.37 Å². The molecule has 1 aliphatic heterocycles. The van der Waals surface area contributed by atoms with E-state index in [1.54, 1.807) is 42.6 Å². The van der Waals surface area contributed by atoms with Gasteiger partial charge in [0.05, 0.1) is 16.2 Å². The van der Waals surface area contributed by atoms with Gasteiger partial charge in [-0.1, -0.05) is 18.2 Å². The molecular formula is C14H11N3O3S. The van der Waals surface area contributed by atoms with E-state index in [2.05, 4.69) is 4.98 Å². The predicted octanol–water partition coefficient (Wildman–Crippen LogP) is 2.77. The summed E-state index contributed by atoms with van der Waals surface area (Å²) >= 11 is 1.37. The highest BCUT2D eigenvalue weighted by atomic mass is 32.2. The summed E-state index contributed by atoms with van der Waals surface area (Å²) in [4.78, 5) is 28.6. The molecule has 21 heavy (non-hydrogen) atoms. The van der Waals surface area contributed by atoms with Gasteiger partial charge in [0.2, 0.25) is 5.91 Å². The van der Waals surface area contributed by atoms with Gasteiger partial charge in [-0.3, -0.25) is 19.8 Å². The van der Waals surface area contributed by atoms with E-state index in [1.165, 1.54) is 22.7 Å². The highest BCUT2D eigenvalue weighted by molar-refractivity contribution is 8.00. The van der Waals surface area contributed by atoms with Gasteiger partial charge >= 0.3 is 0 Å². The summed E-state index contributed by atoms with van der Waals surface area (Å²) in [7, 11) is 0. The topological polar surface area (TPSA) is 76.3 Å². The lowest BCUT2D eigenvalue weighted by molar-refractivity contribution is -0.385. The minimum Gasteiger partial charge on any atom is -0.279 e. The number of hydrogen-bond donors (Lipinski definition) is 0. The Morgan fingerprint density at radius 3 is 2.71 bits per heavy atom. The van der Waals surface area contributed by atoms with Crippen molar-refractivity contribution < 1.29 is 9.72 Å². The van der Waals surface area contributed by atoms with Crippen LogP contribution in [0.15, 0.2) is 48.7 Å². The summed E-state index contributed by atoms with van der Waals surface area (Å²) in [5.74, 6) is 0.699. The predicted molar refractivity (Wildman–Crippen MR) is 80.0 cm³/mol. The van der Waals surface area contributed by atoms with Crippen LogP contribution in [-0.4, -0.2) is 21.6 Å². The van der Waals surface area contributed by atoms with E-state index in [9.17, 15) is 14.9 Å². The molecule has 1 saturated heterocycles. The minimum absolute atomic E-state index is 0.0191. The van der Waals surface area contributed by atoms with Crippen molar-refractivity contribution in [1.29, 1.82) is 0 Å². The number of thioether (sulfide) groups is 1. The van der Waals surface area contributed by atoms with Crippen LogP contribution in [0.1, 0.15) is 10.9 Å². The zero-order chi connectivity index (χ0) is 14.8. The third-order valence-electron chi connectivity index (χ3n) is 3.16. The molecule has 1 amide bonds. The first-order chi connectivity index (χ1) is 10.2. The molecule has 1 unspecified atom stereocenters. The van der Waals surface area contributed by atoms with Gasteiger partial charge < -0.3 is 0 Å². The van der Waals surface area contributed by atoms with E-state index in [-0.39, 0.29) is 17.3 Å². The van der Waals surface area contributed by atoms with E-state index in [1.807, 2.05) is 0 Å². The van der Waals surface area contributed by atoms with Crippen molar-refractivity contribution in [2.75, 3.05) is 10.7 Å². The fraction of sp³-hybridized carbons (Fsp3) is 0.143. The number of pyridine rings is 1. The van der Waals surface area contributed by atoms with Gasteiger partial charge in [-0.25, -0.2) is 4.98 Å². The van der Waals surface area contributed by atoms with Crippen LogP contribution in [0, 0.1) is 10.1 Å². The smallest absolute Gasteiger partial charge is 0.275 e. The largest absolute Gasteiger partial charge is 0.279 e. The van der Waals surface area contributed by atoms with Gasteiger partial charge in [0.1, 0.15) is 11.2 Å². The number of aromatic nitrogens is 1. The highest BCUT2D eigenvalue weighted by Crippen LogP contribution is 2.43. The lowest BCUT2D eigenvalue weighted by atomic mass is 10.1. The van der Waals surface area contributed by atoms with Crippen LogP contribution in [0.2, 0.25) is 0 Å². The Hall–Kier alpha value is -2.41. The molecule has 2 heterocycles. The van der Waals surface area contributed by atoms with Crippen molar-refractivity contribution in [2.24, 2.45) is 0 Å². The number of anilines is 1.